The number of carbonyl (C=O) groups excluding carboxylic acids is 1. The van der Waals surface area contributed by atoms with Gasteiger partial charge in [-0.05, 0) is 55.7 Å². The van der Waals surface area contributed by atoms with Crippen molar-refractivity contribution in [1.29, 1.82) is 0 Å². The predicted molar refractivity (Wildman–Crippen MR) is 98.2 cm³/mol. The summed E-state index contributed by atoms with van der Waals surface area (Å²) in [6.45, 7) is 0.991. The van der Waals surface area contributed by atoms with Crippen molar-refractivity contribution in [2.24, 2.45) is 5.92 Å². The molecule has 2 saturated carbocycles. The van der Waals surface area contributed by atoms with E-state index in [1.807, 2.05) is 24.3 Å². The van der Waals surface area contributed by atoms with E-state index in [0.29, 0.717) is 18.8 Å². The number of hydrogen-bond acceptors (Lipinski definition) is 4. The van der Waals surface area contributed by atoms with E-state index in [9.17, 15) is 9.59 Å². The van der Waals surface area contributed by atoms with Crippen molar-refractivity contribution in [2.75, 3.05) is 20.2 Å². The number of amides is 1. The van der Waals surface area contributed by atoms with Gasteiger partial charge in [-0.25, -0.2) is 0 Å². The van der Waals surface area contributed by atoms with Gasteiger partial charge in [-0.3, -0.25) is 14.5 Å². The summed E-state index contributed by atoms with van der Waals surface area (Å²) in [5, 5.41) is 12.2. The number of benzene rings is 1. The van der Waals surface area contributed by atoms with Gasteiger partial charge in [-0.2, -0.15) is 0 Å². The molecule has 0 aliphatic heterocycles. The van der Waals surface area contributed by atoms with Crippen LogP contribution in [-0.2, 0) is 16.0 Å². The van der Waals surface area contributed by atoms with Gasteiger partial charge in [0.15, 0.2) is 0 Å². The summed E-state index contributed by atoms with van der Waals surface area (Å²) in [6.07, 6.45) is 5.28. The average molecular weight is 360 g/mol. The molecule has 26 heavy (non-hydrogen) atoms. The van der Waals surface area contributed by atoms with Crippen molar-refractivity contribution >= 4 is 11.9 Å². The molecule has 2 fully saturated rings. The third kappa shape index (κ3) is 5.46. The number of aliphatic carboxylic acids is 1. The molecule has 1 aromatic carbocycles. The smallest absolute Gasteiger partial charge is 0.317 e. The van der Waals surface area contributed by atoms with E-state index in [0.717, 1.165) is 30.7 Å². The fourth-order valence-electron chi connectivity index (χ4n) is 3.54. The van der Waals surface area contributed by atoms with Crippen LogP contribution < -0.4 is 10.1 Å². The van der Waals surface area contributed by atoms with E-state index in [4.69, 9.17) is 9.84 Å². The highest BCUT2D eigenvalue weighted by atomic mass is 16.5. The standard InChI is InChI=1S/C20H28N2O4/c1-26-18-4-2-3-14(9-18)7-8-19(23)21-16-10-17(11-16)22(13-20(24)25)12-15-5-6-15/h2-4,9,15-17H,5-8,10-13H2,1H3,(H,21,23)(H,24,25). The third-order valence-electron chi connectivity index (χ3n) is 5.30. The SMILES string of the molecule is COc1cccc(CCC(=O)NC2CC(N(CC(=O)O)CC3CC3)C2)c1. The molecule has 0 spiro atoms. The minimum atomic E-state index is -0.767. The van der Waals surface area contributed by atoms with Crippen LogP contribution in [0.15, 0.2) is 24.3 Å². The zero-order chi connectivity index (χ0) is 18.5. The zero-order valence-electron chi connectivity index (χ0n) is 15.3. The number of methoxy groups -OCH3 is 1. The maximum atomic E-state index is 12.2. The number of nitrogens with zero attached hydrogens (tertiary/aromatic N) is 1. The molecule has 0 heterocycles. The molecule has 3 rings (SSSR count). The van der Waals surface area contributed by atoms with E-state index in [-0.39, 0.29) is 24.5 Å². The Morgan fingerprint density at radius 2 is 2.08 bits per heavy atom. The van der Waals surface area contributed by atoms with Crippen molar-refractivity contribution in [3.05, 3.63) is 29.8 Å². The molecule has 0 bridgehead atoms. The van der Waals surface area contributed by atoms with E-state index in [1.165, 1.54) is 12.8 Å². The topological polar surface area (TPSA) is 78.9 Å². The first-order chi connectivity index (χ1) is 12.5. The number of carboxylic acids is 1. The Kier molecular flexibility index (Phi) is 6.14. The summed E-state index contributed by atoms with van der Waals surface area (Å²) in [7, 11) is 1.63. The van der Waals surface area contributed by atoms with Crippen LogP contribution in [-0.4, -0.2) is 54.2 Å². The lowest BCUT2D eigenvalue weighted by molar-refractivity contribution is -0.140. The van der Waals surface area contributed by atoms with E-state index >= 15 is 0 Å². The second-order valence-electron chi connectivity index (χ2n) is 7.51. The quantitative estimate of drug-likeness (QED) is 0.668. The van der Waals surface area contributed by atoms with Crippen LogP contribution in [0.25, 0.3) is 0 Å². The number of ether oxygens (including phenoxy) is 1. The number of aryl methyl sites for hydroxylation is 1. The van der Waals surface area contributed by atoms with Gasteiger partial charge in [0.1, 0.15) is 5.75 Å². The molecule has 2 N–H and O–H groups in total. The molecule has 2 aliphatic rings. The Morgan fingerprint density at radius 3 is 2.73 bits per heavy atom. The highest BCUT2D eigenvalue weighted by Gasteiger charge is 2.37. The zero-order valence-corrected chi connectivity index (χ0v) is 15.3. The van der Waals surface area contributed by atoms with Crippen LogP contribution in [0.4, 0.5) is 0 Å². The number of rotatable bonds is 10. The Bertz CT molecular complexity index is 638. The minimum absolute atomic E-state index is 0.0586. The van der Waals surface area contributed by atoms with Crippen molar-refractivity contribution < 1.29 is 19.4 Å². The second kappa shape index (κ2) is 8.54. The highest BCUT2D eigenvalue weighted by molar-refractivity contribution is 5.76. The molecule has 0 saturated heterocycles. The number of nitrogens with one attached hydrogen (secondary N) is 1. The van der Waals surface area contributed by atoms with Crippen molar-refractivity contribution in [3.8, 4) is 5.75 Å². The number of carboxylic acid groups (broad SMARTS) is 1. The molecule has 2 aliphatic carbocycles. The second-order valence-corrected chi connectivity index (χ2v) is 7.51. The highest BCUT2D eigenvalue weighted by Crippen LogP contribution is 2.33. The van der Waals surface area contributed by atoms with E-state index in [2.05, 4.69) is 10.2 Å². The normalized spacial score (nSPS) is 21.9. The van der Waals surface area contributed by atoms with Crippen LogP contribution in [0.5, 0.6) is 5.75 Å². The molecule has 0 unspecified atom stereocenters. The van der Waals surface area contributed by atoms with Gasteiger partial charge in [-0.1, -0.05) is 12.1 Å². The lowest BCUT2D eigenvalue weighted by Gasteiger charge is -2.42. The maximum Gasteiger partial charge on any atom is 0.317 e. The summed E-state index contributed by atoms with van der Waals surface area (Å²) >= 11 is 0. The Labute approximate surface area is 154 Å². The van der Waals surface area contributed by atoms with Crippen LogP contribution in [0, 0.1) is 5.92 Å². The Hall–Kier alpha value is -2.08. The van der Waals surface area contributed by atoms with Gasteiger partial charge >= 0.3 is 5.97 Å². The molecule has 1 aromatic rings. The Balaban J connectivity index is 1.38. The number of hydrogen-bond donors (Lipinski definition) is 2. The van der Waals surface area contributed by atoms with Crippen LogP contribution in [0.3, 0.4) is 0 Å². The van der Waals surface area contributed by atoms with Crippen molar-refractivity contribution in [3.63, 3.8) is 0 Å². The first kappa shape index (κ1) is 18.7. The predicted octanol–water partition coefficient (Wildman–Crippen LogP) is 2.07. The fraction of sp³-hybridized carbons (Fsp3) is 0.600. The van der Waals surface area contributed by atoms with Crippen LogP contribution in [0.1, 0.15) is 37.7 Å². The van der Waals surface area contributed by atoms with Gasteiger partial charge in [0.25, 0.3) is 0 Å². The molecule has 6 heteroatoms. The monoisotopic (exact) mass is 360 g/mol. The first-order valence-corrected chi connectivity index (χ1v) is 9.41. The van der Waals surface area contributed by atoms with Gasteiger partial charge in [0.2, 0.25) is 5.91 Å². The lowest BCUT2D eigenvalue weighted by Crippen LogP contribution is -2.55. The first-order valence-electron chi connectivity index (χ1n) is 9.41. The molecule has 6 nitrogen and oxygen atoms in total. The molecule has 1 amide bonds. The lowest BCUT2D eigenvalue weighted by atomic mass is 9.85. The van der Waals surface area contributed by atoms with Crippen LogP contribution in [0.2, 0.25) is 0 Å². The largest absolute Gasteiger partial charge is 0.497 e. The van der Waals surface area contributed by atoms with Gasteiger partial charge < -0.3 is 15.2 Å². The van der Waals surface area contributed by atoms with E-state index < -0.39 is 5.97 Å². The molecule has 0 radical (unpaired) electrons. The summed E-state index contributed by atoms with van der Waals surface area (Å²) in [4.78, 5) is 25.3. The minimum Gasteiger partial charge on any atom is -0.497 e. The van der Waals surface area contributed by atoms with Crippen molar-refractivity contribution in [2.45, 2.75) is 50.6 Å². The average Bonchev–Trinajstić information content (AvgIpc) is 3.39. The molecular formula is C20H28N2O4. The summed E-state index contributed by atoms with van der Waals surface area (Å²) in [5.74, 6) is 0.768. The summed E-state index contributed by atoms with van der Waals surface area (Å²) < 4.78 is 5.20. The third-order valence-corrected chi connectivity index (χ3v) is 5.30. The summed E-state index contributed by atoms with van der Waals surface area (Å²) in [5.41, 5.74) is 1.09. The fourth-order valence-corrected chi connectivity index (χ4v) is 3.54. The number of carbonyl (C=O) groups is 2. The van der Waals surface area contributed by atoms with Gasteiger partial charge in [0, 0.05) is 25.0 Å². The van der Waals surface area contributed by atoms with Crippen LogP contribution >= 0.6 is 0 Å². The van der Waals surface area contributed by atoms with Gasteiger partial charge in [0.05, 0.1) is 13.7 Å². The Morgan fingerprint density at radius 1 is 1.31 bits per heavy atom. The van der Waals surface area contributed by atoms with E-state index in [1.54, 1.807) is 7.11 Å². The maximum absolute atomic E-state index is 12.2. The summed E-state index contributed by atoms with van der Waals surface area (Å²) in [6, 6.07) is 8.23. The molecular weight excluding hydrogens is 332 g/mol. The van der Waals surface area contributed by atoms with Gasteiger partial charge in [-0.15, -0.1) is 0 Å². The molecule has 0 atom stereocenters. The molecule has 0 aromatic heterocycles. The molecule has 142 valence electrons. The van der Waals surface area contributed by atoms with Crippen molar-refractivity contribution in [1.82, 2.24) is 10.2 Å².